The molecule has 0 bridgehead atoms. The van der Waals surface area contributed by atoms with E-state index in [0.29, 0.717) is 39.4 Å². The minimum absolute atomic E-state index is 0.0212. The van der Waals surface area contributed by atoms with E-state index in [1.54, 1.807) is 81.2 Å². The molecule has 0 fully saturated rings. The minimum atomic E-state index is -0.844. The topological polar surface area (TPSA) is 120 Å². The number of hydrogen-bond acceptors (Lipinski definition) is 8. The summed E-state index contributed by atoms with van der Waals surface area (Å²) in [7, 11) is 3.20. The van der Waals surface area contributed by atoms with Gasteiger partial charge in [-0.05, 0) is 68.3 Å². The van der Waals surface area contributed by atoms with Crippen LogP contribution in [0.1, 0.15) is 35.3 Å². The number of fused-ring (bicyclic) bond motifs is 1. The summed E-state index contributed by atoms with van der Waals surface area (Å²) in [6.45, 7) is 5.38. The van der Waals surface area contributed by atoms with Crippen molar-refractivity contribution in [2.75, 3.05) is 24.4 Å². The number of benzene rings is 4. The summed E-state index contributed by atoms with van der Waals surface area (Å²) in [5, 5.41) is 15.0. The maximum absolute atomic E-state index is 13.3. The number of hydrogen-bond donors (Lipinski definition) is 1. The van der Waals surface area contributed by atoms with Gasteiger partial charge in [-0.25, -0.2) is 4.79 Å². The van der Waals surface area contributed by atoms with Gasteiger partial charge in [0.1, 0.15) is 29.4 Å². The zero-order valence-electron chi connectivity index (χ0n) is 24.8. The first-order valence-corrected chi connectivity index (χ1v) is 14.0. The van der Waals surface area contributed by atoms with Gasteiger partial charge in [0.25, 0.3) is 11.6 Å². The van der Waals surface area contributed by atoms with Crippen LogP contribution in [0.3, 0.4) is 0 Å². The Kier molecular flexibility index (Phi) is 8.21. The molecule has 226 valence electrons. The maximum atomic E-state index is 13.3. The molecule has 0 spiro atoms. The summed E-state index contributed by atoms with van der Waals surface area (Å²) < 4.78 is 17.5. The van der Waals surface area contributed by atoms with Crippen LogP contribution in [0.25, 0.3) is 11.1 Å². The molecule has 5 rings (SSSR count). The van der Waals surface area contributed by atoms with Crippen molar-refractivity contribution in [2.24, 2.45) is 0 Å². The van der Waals surface area contributed by atoms with Crippen LogP contribution in [0.5, 0.6) is 17.2 Å². The van der Waals surface area contributed by atoms with Gasteiger partial charge in [0.2, 0.25) is 0 Å². The molecule has 1 aliphatic rings. The van der Waals surface area contributed by atoms with E-state index >= 15 is 0 Å². The molecule has 4 aromatic carbocycles. The highest BCUT2D eigenvalue weighted by Gasteiger charge is 2.39. The number of amides is 1. The molecule has 0 aliphatic carbocycles. The number of carbonyl (C=O) groups is 2. The highest BCUT2D eigenvalue weighted by Crippen LogP contribution is 2.45. The lowest BCUT2D eigenvalue weighted by atomic mass is 9.91. The minimum Gasteiger partial charge on any atom is -0.496 e. The predicted molar refractivity (Wildman–Crippen MR) is 168 cm³/mol. The molecule has 0 aromatic heterocycles. The fraction of sp³-hybridized carbons (Fsp3) is 0.212. The van der Waals surface area contributed by atoms with E-state index in [4.69, 9.17) is 25.8 Å². The van der Waals surface area contributed by atoms with Gasteiger partial charge in [-0.2, -0.15) is 0 Å². The molecular formula is C33H30ClN3O7. The monoisotopic (exact) mass is 615 g/mol. The number of non-ortho nitro benzene ring substituents is 1. The largest absolute Gasteiger partial charge is 0.496 e. The van der Waals surface area contributed by atoms with E-state index in [0.717, 1.165) is 5.69 Å². The molecule has 1 heterocycles. The van der Waals surface area contributed by atoms with Gasteiger partial charge < -0.3 is 24.4 Å². The third kappa shape index (κ3) is 5.76. The molecule has 11 heteroatoms. The Morgan fingerprint density at radius 2 is 1.75 bits per heavy atom. The van der Waals surface area contributed by atoms with Gasteiger partial charge in [0, 0.05) is 30.3 Å². The Bertz CT molecular complexity index is 1800. The second-order valence-electron chi connectivity index (χ2n) is 10.8. The number of nitrogens with zero attached hydrogens (tertiary/aromatic N) is 2. The van der Waals surface area contributed by atoms with Gasteiger partial charge in [-0.1, -0.05) is 29.8 Å². The number of nitro benzene ring substituents is 1. The first-order valence-electron chi connectivity index (χ1n) is 13.7. The molecule has 4 aromatic rings. The van der Waals surface area contributed by atoms with Crippen molar-refractivity contribution in [3.05, 3.63) is 105 Å². The SMILES string of the molecule is COc1cc(OC(=O)c2ccccc2Cl)ccc1-c1ccc2c(c1COc1cc([N+](=O)[O-])ccc1C)N(C)C(=O)C(C)(C)N2. The molecule has 1 aliphatic heterocycles. The second-order valence-corrected chi connectivity index (χ2v) is 11.2. The standard InChI is InChI=1S/C33H30ClN3O7/c1-19-10-11-20(37(40)41)16-28(19)43-18-25-22(14-15-27-30(25)36(4)32(39)33(2,3)35-27)23-13-12-21(17-29(23)42-5)44-31(38)24-8-6-7-9-26(24)34/h6-17,35H,18H2,1-5H3. The van der Waals surface area contributed by atoms with Crippen LogP contribution in [-0.2, 0) is 11.4 Å². The molecule has 0 atom stereocenters. The maximum Gasteiger partial charge on any atom is 0.345 e. The lowest BCUT2D eigenvalue weighted by Crippen LogP contribution is -2.52. The van der Waals surface area contributed by atoms with E-state index in [1.807, 2.05) is 12.1 Å². The number of nitrogens with one attached hydrogen (secondary N) is 1. The summed E-state index contributed by atoms with van der Waals surface area (Å²) in [6.07, 6.45) is 0. The van der Waals surface area contributed by atoms with Gasteiger partial charge in [-0.3, -0.25) is 14.9 Å². The summed E-state index contributed by atoms with van der Waals surface area (Å²) in [6, 6.07) is 19.8. The summed E-state index contributed by atoms with van der Waals surface area (Å²) in [5.41, 5.74) is 3.31. The first kappa shape index (κ1) is 30.4. The lowest BCUT2D eigenvalue weighted by Gasteiger charge is -2.39. The van der Waals surface area contributed by atoms with Crippen LogP contribution in [-0.4, -0.2) is 36.5 Å². The Morgan fingerprint density at radius 1 is 1.02 bits per heavy atom. The third-order valence-corrected chi connectivity index (χ3v) is 7.76. The van der Waals surface area contributed by atoms with Crippen molar-refractivity contribution in [3.8, 4) is 28.4 Å². The van der Waals surface area contributed by atoms with Crippen molar-refractivity contribution in [1.29, 1.82) is 0 Å². The zero-order valence-corrected chi connectivity index (χ0v) is 25.5. The number of nitro groups is 1. The van der Waals surface area contributed by atoms with Crippen molar-refractivity contribution in [2.45, 2.75) is 32.9 Å². The van der Waals surface area contributed by atoms with Gasteiger partial charge in [0.05, 0.1) is 40.1 Å². The highest BCUT2D eigenvalue weighted by atomic mass is 35.5. The second kappa shape index (κ2) is 11.9. The van der Waals surface area contributed by atoms with E-state index < -0.39 is 16.4 Å². The van der Waals surface area contributed by atoms with E-state index in [1.165, 1.54) is 19.2 Å². The fourth-order valence-corrected chi connectivity index (χ4v) is 5.40. The highest BCUT2D eigenvalue weighted by molar-refractivity contribution is 6.33. The molecule has 0 saturated heterocycles. The summed E-state index contributed by atoms with van der Waals surface area (Å²) in [5.74, 6) is 0.224. The van der Waals surface area contributed by atoms with E-state index in [9.17, 15) is 19.7 Å². The fourth-order valence-electron chi connectivity index (χ4n) is 5.18. The Balaban J connectivity index is 1.58. The molecule has 1 amide bonds. The lowest BCUT2D eigenvalue weighted by molar-refractivity contribution is -0.385. The Hall–Kier alpha value is -5.09. The third-order valence-electron chi connectivity index (χ3n) is 7.43. The van der Waals surface area contributed by atoms with Crippen LogP contribution in [0.2, 0.25) is 5.02 Å². The van der Waals surface area contributed by atoms with Crippen molar-refractivity contribution in [1.82, 2.24) is 0 Å². The number of methoxy groups -OCH3 is 1. The van der Waals surface area contributed by atoms with Crippen LogP contribution >= 0.6 is 11.6 Å². The number of aryl methyl sites for hydroxylation is 1. The van der Waals surface area contributed by atoms with Crippen LogP contribution in [0, 0.1) is 17.0 Å². The molecule has 44 heavy (non-hydrogen) atoms. The Morgan fingerprint density at radius 3 is 2.45 bits per heavy atom. The van der Waals surface area contributed by atoms with Crippen LogP contribution < -0.4 is 24.4 Å². The molecule has 10 nitrogen and oxygen atoms in total. The average Bonchev–Trinajstić information content (AvgIpc) is 2.99. The summed E-state index contributed by atoms with van der Waals surface area (Å²) in [4.78, 5) is 38.6. The van der Waals surface area contributed by atoms with E-state index in [-0.39, 0.29) is 34.5 Å². The van der Waals surface area contributed by atoms with Gasteiger partial charge >= 0.3 is 5.97 Å². The van der Waals surface area contributed by atoms with Crippen LogP contribution in [0.4, 0.5) is 17.1 Å². The van der Waals surface area contributed by atoms with Crippen molar-refractivity contribution in [3.63, 3.8) is 0 Å². The quantitative estimate of drug-likeness (QED) is 0.0956. The smallest absolute Gasteiger partial charge is 0.345 e. The van der Waals surface area contributed by atoms with Gasteiger partial charge in [0.15, 0.2) is 0 Å². The Labute approximate surface area is 259 Å². The molecule has 0 unspecified atom stereocenters. The molecule has 0 saturated carbocycles. The van der Waals surface area contributed by atoms with Crippen molar-refractivity contribution < 1.29 is 28.7 Å². The summed E-state index contributed by atoms with van der Waals surface area (Å²) >= 11 is 6.17. The average molecular weight is 616 g/mol. The number of ether oxygens (including phenoxy) is 3. The van der Waals surface area contributed by atoms with Gasteiger partial charge in [-0.15, -0.1) is 0 Å². The van der Waals surface area contributed by atoms with Crippen LogP contribution in [0.15, 0.2) is 72.8 Å². The van der Waals surface area contributed by atoms with Crippen molar-refractivity contribution >= 4 is 40.5 Å². The normalized spacial score (nSPS) is 13.5. The number of carbonyl (C=O) groups excluding carboxylic acids is 2. The molecular weight excluding hydrogens is 586 g/mol. The number of likely N-dealkylation sites (N-methyl/N-ethyl adjacent to an activating group) is 1. The number of anilines is 2. The van der Waals surface area contributed by atoms with E-state index in [2.05, 4.69) is 5.32 Å². The first-order chi connectivity index (χ1) is 20.9. The molecule has 1 N–H and O–H groups in total. The molecule has 0 radical (unpaired) electrons. The predicted octanol–water partition coefficient (Wildman–Crippen LogP) is 7.20. The number of rotatable bonds is 8. The number of halogens is 1. The zero-order chi connectivity index (χ0) is 31.8. The number of esters is 1.